The van der Waals surface area contributed by atoms with Crippen molar-refractivity contribution in [1.82, 2.24) is 0 Å². The Morgan fingerprint density at radius 3 is 3.00 bits per heavy atom. The highest BCUT2D eigenvalue weighted by Crippen LogP contribution is 2.20. The van der Waals surface area contributed by atoms with Crippen LogP contribution < -0.4 is 0 Å². The Kier molecular flexibility index (Phi) is 4.23. The third-order valence-electron chi connectivity index (χ3n) is 2.40. The Balaban J connectivity index is 2.43. The molecule has 1 heteroatoms. The molecule has 0 aromatic heterocycles. The number of hydrogen-bond acceptors (Lipinski definition) is 1. The zero-order valence-corrected chi connectivity index (χ0v) is 8.75. The fraction of sp³-hybridized carbons (Fsp3) is 0.667. The van der Waals surface area contributed by atoms with Gasteiger partial charge in [0.2, 0.25) is 0 Å². The maximum Gasteiger partial charge on any atom is 0.0761 e. The second-order valence-corrected chi connectivity index (χ2v) is 4.10. The van der Waals surface area contributed by atoms with Gasteiger partial charge in [0.25, 0.3) is 0 Å². The Bertz CT molecular complexity index is 193. The largest absolute Gasteiger partial charge is 0.374 e. The molecule has 1 nitrogen and oxygen atoms in total. The van der Waals surface area contributed by atoms with Crippen molar-refractivity contribution in [3.63, 3.8) is 0 Å². The van der Waals surface area contributed by atoms with Crippen LogP contribution in [0.5, 0.6) is 0 Å². The highest BCUT2D eigenvalue weighted by Gasteiger charge is 2.14. The molecule has 74 valence electrons. The molecule has 1 fully saturated rings. The van der Waals surface area contributed by atoms with E-state index in [1.807, 2.05) is 6.92 Å². The van der Waals surface area contributed by atoms with Gasteiger partial charge in [0.15, 0.2) is 0 Å². The molecule has 1 heterocycles. The van der Waals surface area contributed by atoms with Gasteiger partial charge in [-0.2, -0.15) is 0 Å². The van der Waals surface area contributed by atoms with Gasteiger partial charge in [-0.25, -0.2) is 0 Å². The molecule has 1 aliphatic heterocycles. The zero-order chi connectivity index (χ0) is 9.68. The molecule has 1 rings (SSSR count). The molecular weight excluding hydrogens is 160 g/mol. The molecule has 0 aromatic rings. The van der Waals surface area contributed by atoms with E-state index in [9.17, 15) is 0 Å². The van der Waals surface area contributed by atoms with Crippen LogP contribution in [0.2, 0.25) is 0 Å². The summed E-state index contributed by atoms with van der Waals surface area (Å²) in [6.45, 7) is 9.06. The van der Waals surface area contributed by atoms with Crippen molar-refractivity contribution in [2.24, 2.45) is 5.92 Å². The van der Waals surface area contributed by atoms with E-state index in [4.69, 9.17) is 4.74 Å². The van der Waals surface area contributed by atoms with Crippen LogP contribution in [0.15, 0.2) is 24.3 Å². The molecule has 0 spiro atoms. The van der Waals surface area contributed by atoms with Gasteiger partial charge in [0.1, 0.15) is 0 Å². The molecular formula is C12H20O. The number of hydrogen-bond donors (Lipinski definition) is 0. The van der Waals surface area contributed by atoms with Crippen LogP contribution >= 0.6 is 0 Å². The van der Waals surface area contributed by atoms with Crippen molar-refractivity contribution in [2.45, 2.75) is 39.2 Å². The van der Waals surface area contributed by atoms with Gasteiger partial charge < -0.3 is 4.74 Å². The highest BCUT2D eigenvalue weighted by molar-refractivity contribution is 5.12. The van der Waals surface area contributed by atoms with Crippen LogP contribution in [0.4, 0.5) is 0 Å². The topological polar surface area (TPSA) is 9.23 Å². The standard InChI is InChI=1S/C12H20O/c1-10(2)6-7-12-9-11(3)5-4-8-13-12/h6-7,11-12H,1,4-5,8-9H2,2-3H3/b7-6+/t11-,12+/m1/s1. The molecule has 1 saturated heterocycles. The average molecular weight is 180 g/mol. The molecule has 1 aliphatic rings. The molecule has 0 N–H and O–H groups in total. The summed E-state index contributed by atoms with van der Waals surface area (Å²) in [6, 6.07) is 0. The number of allylic oxidation sites excluding steroid dienone is 2. The lowest BCUT2D eigenvalue weighted by Crippen LogP contribution is -2.10. The van der Waals surface area contributed by atoms with E-state index in [1.165, 1.54) is 12.8 Å². The predicted molar refractivity (Wildman–Crippen MR) is 56.7 cm³/mol. The van der Waals surface area contributed by atoms with Gasteiger partial charge in [-0.1, -0.05) is 31.2 Å². The molecule has 0 bridgehead atoms. The lowest BCUT2D eigenvalue weighted by Gasteiger charge is -2.12. The fourth-order valence-electron chi connectivity index (χ4n) is 1.65. The molecule has 0 unspecified atom stereocenters. The first-order chi connectivity index (χ1) is 6.18. The van der Waals surface area contributed by atoms with Gasteiger partial charge >= 0.3 is 0 Å². The van der Waals surface area contributed by atoms with Crippen LogP contribution in [-0.2, 0) is 4.74 Å². The third-order valence-corrected chi connectivity index (χ3v) is 2.40. The van der Waals surface area contributed by atoms with E-state index in [1.54, 1.807) is 0 Å². The van der Waals surface area contributed by atoms with Crippen molar-refractivity contribution in [2.75, 3.05) is 6.61 Å². The molecule has 0 saturated carbocycles. The molecule has 0 amide bonds. The smallest absolute Gasteiger partial charge is 0.0761 e. The van der Waals surface area contributed by atoms with E-state index in [-0.39, 0.29) is 0 Å². The van der Waals surface area contributed by atoms with Crippen LogP contribution in [0.25, 0.3) is 0 Å². The second kappa shape index (κ2) is 5.23. The van der Waals surface area contributed by atoms with Crippen molar-refractivity contribution in [3.8, 4) is 0 Å². The van der Waals surface area contributed by atoms with Gasteiger partial charge in [0.05, 0.1) is 6.10 Å². The first kappa shape index (κ1) is 10.5. The second-order valence-electron chi connectivity index (χ2n) is 4.10. The Hall–Kier alpha value is -0.560. The Labute approximate surface area is 81.5 Å². The molecule has 0 aromatic carbocycles. The first-order valence-corrected chi connectivity index (χ1v) is 5.14. The SMILES string of the molecule is C=C(C)/C=C/[C@H]1C[C@H](C)CCCO1. The van der Waals surface area contributed by atoms with E-state index in [2.05, 4.69) is 25.7 Å². The highest BCUT2D eigenvalue weighted by atomic mass is 16.5. The third kappa shape index (κ3) is 4.28. The zero-order valence-electron chi connectivity index (χ0n) is 8.75. The number of rotatable bonds is 2. The summed E-state index contributed by atoms with van der Waals surface area (Å²) in [5.74, 6) is 0.794. The van der Waals surface area contributed by atoms with Crippen molar-refractivity contribution in [3.05, 3.63) is 24.3 Å². The summed E-state index contributed by atoms with van der Waals surface area (Å²) in [7, 11) is 0. The van der Waals surface area contributed by atoms with Gasteiger partial charge in [0, 0.05) is 6.61 Å². The molecule has 13 heavy (non-hydrogen) atoms. The minimum atomic E-state index is 0.314. The molecule has 2 atom stereocenters. The quantitative estimate of drug-likeness (QED) is 0.592. The summed E-state index contributed by atoms with van der Waals surface area (Å²) in [6.07, 6.45) is 8.18. The van der Waals surface area contributed by atoms with Gasteiger partial charge in [-0.3, -0.25) is 0 Å². The van der Waals surface area contributed by atoms with Crippen LogP contribution in [0, 0.1) is 5.92 Å². The predicted octanol–water partition coefficient (Wildman–Crippen LogP) is 3.32. The fourth-order valence-corrected chi connectivity index (χ4v) is 1.65. The van der Waals surface area contributed by atoms with Crippen LogP contribution in [0.1, 0.15) is 33.1 Å². The van der Waals surface area contributed by atoms with Crippen molar-refractivity contribution in [1.29, 1.82) is 0 Å². The maximum absolute atomic E-state index is 5.70. The minimum Gasteiger partial charge on any atom is -0.374 e. The average Bonchev–Trinajstić information content (AvgIpc) is 2.26. The summed E-state index contributed by atoms with van der Waals surface area (Å²) < 4.78 is 5.70. The van der Waals surface area contributed by atoms with Gasteiger partial charge in [-0.15, -0.1) is 0 Å². The van der Waals surface area contributed by atoms with Crippen molar-refractivity contribution < 1.29 is 4.74 Å². The lowest BCUT2D eigenvalue weighted by atomic mass is 9.99. The number of ether oxygens (including phenoxy) is 1. The monoisotopic (exact) mass is 180 g/mol. The van der Waals surface area contributed by atoms with Crippen molar-refractivity contribution >= 4 is 0 Å². The van der Waals surface area contributed by atoms with E-state index in [0.717, 1.165) is 24.5 Å². The van der Waals surface area contributed by atoms with Crippen LogP contribution in [0.3, 0.4) is 0 Å². The van der Waals surface area contributed by atoms with E-state index >= 15 is 0 Å². The summed E-state index contributed by atoms with van der Waals surface area (Å²) in [5, 5.41) is 0. The molecule has 0 radical (unpaired) electrons. The van der Waals surface area contributed by atoms with Gasteiger partial charge in [-0.05, 0) is 32.1 Å². The molecule has 0 aliphatic carbocycles. The lowest BCUT2D eigenvalue weighted by molar-refractivity contribution is 0.0883. The first-order valence-electron chi connectivity index (χ1n) is 5.14. The normalized spacial score (nSPS) is 30.3. The Morgan fingerprint density at radius 1 is 1.54 bits per heavy atom. The van der Waals surface area contributed by atoms with E-state index < -0.39 is 0 Å². The minimum absolute atomic E-state index is 0.314. The van der Waals surface area contributed by atoms with Crippen LogP contribution in [-0.4, -0.2) is 12.7 Å². The summed E-state index contributed by atoms with van der Waals surface area (Å²) >= 11 is 0. The Morgan fingerprint density at radius 2 is 2.31 bits per heavy atom. The summed E-state index contributed by atoms with van der Waals surface area (Å²) in [4.78, 5) is 0. The van der Waals surface area contributed by atoms with E-state index in [0.29, 0.717) is 6.10 Å². The maximum atomic E-state index is 5.70. The summed E-state index contributed by atoms with van der Waals surface area (Å²) in [5.41, 5.74) is 1.10.